The molecule has 0 bridgehead atoms. The van der Waals surface area contributed by atoms with Gasteiger partial charge in [-0.1, -0.05) is 13.8 Å². The quantitative estimate of drug-likeness (QED) is 0.674. The first-order chi connectivity index (χ1) is 5.11. The highest BCUT2D eigenvalue weighted by Crippen LogP contribution is 2.15. The molecule has 1 N–H and O–H groups in total. The Bertz CT molecular complexity index is 98.1. The maximum Gasteiger partial charge on any atom is 0.0580 e. The second-order valence-corrected chi connectivity index (χ2v) is 3.81. The lowest BCUT2D eigenvalue weighted by Crippen LogP contribution is -2.22. The van der Waals surface area contributed by atoms with E-state index in [1.807, 2.05) is 13.8 Å². The zero-order chi connectivity index (χ0) is 8.85. The van der Waals surface area contributed by atoms with Crippen molar-refractivity contribution in [1.82, 2.24) is 0 Å². The summed E-state index contributed by atoms with van der Waals surface area (Å²) < 4.78 is 0. The van der Waals surface area contributed by atoms with Crippen molar-refractivity contribution in [3.63, 3.8) is 0 Å². The minimum absolute atomic E-state index is 0.169. The summed E-state index contributed by atoms with van der Waals surface area (Å²) in [5.41, 5.74) is 0. The molecule has 0 aliphatic carbocycles. The van der Waals surface area contributed by atoms with E-state index in [0.717, 1.165) is 6.42 Å². The second kappa shape index (κ2) is 6.10. The highest BCUT2D eigenvalue weighted by molar-refractivity contribution is 6.18. The highest BCUT2D eigenvalue weighted by atomic mass is 35.5. The van der Waals surface area contributed by atoms with Gasteiger partial charge < -0.3 is 5.11 Å². The lowest BCUT2D eigenvalue weighted by molar-refractivity contribution is 0.105. The normalized spacial score (nSPS) is 19.4. The molecule has 0 spiro atoms. The van der Waals surface area contributed by atoms with E-state index in [1.165, 1.54) is 0 Å². The molecular formula is C8H16Cl2O. The summed E-state index contributed by atoms with van der Waals surface area (Å²) in [6.07, 6.45) is 0.443. The van der Waals surface area contributed by atoms with Crippen LogP contribution < -0.4 is 0 Å². The Morgan fingerprint density at radius 2 is 1.73 bits per heavy atom. The maximum absolute atomic E-state index is 9.48. The number of alkyl halides is 2. The number of aliphatic hydroxyl groups excluding tert-OH is 1. The van der Waals surface area contributed by atoms with Gasteiger partial charge in [0.2, 0.25) is 0 Å². The van der Waals surface area contributed by atoms with Gasteiger partial charge in [0.25, 0.3) is 0 Å². The van der Waals surface area contributed by atoms with Crippen LogP contribution in [0.5, 0.6) is 0 Å². The molecule has 0 aliphatic heterocycles. The fraction of sp³-hybridized carbons (Fsp3) is 1.00. The van der Waals surface area contributed by atoms with Gasteiger partial charge in [-0.25, -0.2) is 0 Å². The Balaban J connectivity index is 3.58. The van der Waals surface area contributed by atoms with Crippen LogP contribution in [0.25, 0.3) is 0 Å². The van der Waals surface area contributed by atoms with Crippen LogP contribution in [0, 0.1) is 11.8 Å². The van der Waals surface area contributed by atoms with Crippen LogP contribution in [0.1, 0.15) is 20.3 Å². The average Bonchev–Trinajstić information content (AvgIpc) is 2.02. The predicted octanol–water partition coefficient (Wildman–Crippen LogP) is 2.49. The molecule has 1 nitrogen and oxygen atoms in total. The number of hydrogen-bond acceptors (Lipinski definition) is 1. The Morgan fingerprint density at radius 1 is 1.18 bits per heavy atom. The summed E-state index contributed by atoms with van der Waals surface area (Å²) in [6.45, 7) is 3.97. The zero-order valence-electron chi connectivity index (χ0n) is 7.06. The van der Waals surface area contributed by atoms with E-state index in [-0.39, 0.29) is 12.0 Å². The fourth-order valence-corrected chi connectivity index (χ4v) is 1.14. The van der Waals surface area contributed by atoms with E-state index >= 15 is 0 Å². The summed E-state index contributed by atoms with van der Waals surface area (Å²) in [6, 6.07) is 0. The maximum atomic E-state index is 9.48. The van der Waals surface area contributed by atoms with Crippen LogP contribution in [-0.4, -0.2) is 23.0 Å². The molecule has 0 amide bonds. The van der Waals surface area contributed by atoms with E-state index in [1.54, 1.807) is 0 Å². The standard InChI is InChI=1S/C8H16Cl2O/c1-6(4-9)3-8(11)7(2)5-10/h6-8,11H,3-5H2,1-2H3. The van der Waals surface area contributed by atoms with Crippen molar-refractivity contribution in [1.29, 1.82) is 0 Å². The van der Waals surface area contributed by atoms with Gasteiger partial charge in [-0.15, -0.1) is 23.2 Å². The van der Waals surface area contributed by atoms with E-state index in [2.05, 4.69) is 0 Å². The topological polar surface area (TPSA) is 20.2 Å². The fourth-order valence-electron chi connectivity index (χ4n) is 0.810. The largest absolute Gasteiger partial charge is 0.393 e. The smallest absolute Gasteiger partial charge is 0.0580 e. The van der Waals surface area contributed by atoms with Gasteiger partial charge in [0.05, 0.1) is 6.10 Å². The van der Waals surface area contributed by atoms with Crippen molar-refractivity contribution < 1.29 is 5.11 Å². The minimum Gasteiger partial charge on any atom is -0.393 e. The van der Waals surface area contributed by atoms with E-state index in [9.17, 15) is 5.11 Å². The molecular weight excluding hydrogens is 183 g/mol. The monoisotopic (exact) mass is 198 g/mol. The van der Waals surface area contributed by atoms with Crippen molar-refractivity contribution >= 4 is 23.2 Å². The molecule has 68 valence electrons. The van der Waals surface area contributed by atoms with Gasteiger partial charge in [0.15, 0.2) is 0 Å². The first kappa shape index (κ1) is 11.5. The minimum atomic E-state index is -0.304. The van der Waals surface area contributed by atoms with Gasteiger partial charge in [0.1, 0.15) is 0 Å². The number of rotatable bonds is 5. The Labute approximate surface area is 78.7 Å². The Kier molecular flexibility index (Phi) is 6.40. The SMILES string of the molecule is CC(CCl)CC(O)C(C)CCl. The molecule has 0 aromatic heterocycles. The van der Waals surface area contributed by atoms with E-state index < -0.39 is 0 Å². The predicted molar refractivity (Wildman–Crippen MR) is 50.4 cm³/mol. The highest BCUT2D eigenvalue weighted by Gasteiger charge is 2.15. The van der Waals surface area contributed by atoms with Crippen LogP contribution in [0.15, 0.2) is 0 Å². The number of aliphatic hydroxyl groups is 1. The Hall–Kier alpha value is 0.540. The first-order valence-electron chi connectivity index (χ1n) is 3.91. The molecule has 3 unspecified atom stereocenters. The van der Waals surface area contributed by atoms with Crippen LogP contribution in [-0.2, 0) is 0 Å². The van der Waals surface area contributed by atoms with Gasteiger partial charge >= 0.3 is 0 Å². The van der Waals surface area contributed by atoms with E-state index in [4.69, 9.17) is 23.2 Å². The van der Waals surface area contributed by atoms with Gasteiger partial charge in [-0.2, -0.15) is 0 Å². The second-order valence-electron chi connectivity index (χ2n) is 3.19. The van der Waals surface area contributed by atoms with Crippen molar-refractivity contribution in [3.8, 4) is 0 Å². The molecule has 0 aromatic rings. The molecule has 0 fully saturated rings. The zero-order valence-corrected chi connectivity index (χ0v) is 8.57. The molecule has 11 heavy (non-hydrogen) atoms. The van der Waals surface area contributed by atoms with Gasteiger partial charge in [0, 0.05) is 11.8 Å². The molecule has 0 saturated carbocycles. The van der Waals surface area contributed by atoms with Crippen molar-refractivity contribution in [3.05, 3.63) is 0 Å². The van der Waals surface area contributed by atoms with Gasteiger partial charge in [-0.3, -0.25) is 0 Å². The summed E-state index contributed by atoms with van der Waals surface area (Å²) in [7, 11) is 0. The van der Waals surface area contributed by atoms with Crippen molar-refractivity contribution in [2.24, 2.45) is 11.8 Å². The molecule has 0 saturated heterocycles. The molecule has 0 heterocycles. The molecule has 0 aromatic carbocycles. The molecule has 3 atom stereocenters. The summed E-state index contributed by atoms with van der Waals surface area (Å²) in [4.78, 5) is 0. The average molecular weight is 199 g/mol. The summed E-state index contributed by atoms with van der Waals surface area (Å²) in [5, 5.41) is 9.48. The number of halogens is 2. The van der Waals surface area contributed by atoms with Gasteiger partial charge in [-0.05, 0) is 18.3 Å². The third kappa shape index (κ3) is 4.89. The van der Waals surface area contributed by atoms with Crippen LogP contribution in [0.3, 0.4) is 0 Å². The van der Waals surface area contributed by atoms with Crippen molar-refractivity contribution in [2.75, 3.05) is 11.8 Å². The lowest BCUT2D eigenvalue weighted by atomic mass is 9.97. The lowest BCUT2D eigenvalue weighted by Gasteiger charge is -2.18. The van der Waals surface area contributed by atoms with Crippen LogP contribution in [0.4, 0.5) is 0 Å². The van der Waals surface area contributed by atoms with Crippen LogP contribution in [0.2, 0.25) is 0 Å². The summed E-state index contributed by atoms with van der Waals surface area (Å²) >= 11 is 11.2. The Morgan fingerprint density at radius 3 is 2.09 bits per heavy atom. The first-order valence-corrected chi connectivity index (χ1v) is 4.98. The molecule has 0 rings (SSSR count). The van der Waals surface area contributed by atoms with Crippen molar-refractivity contribution in [2.45, 2.75) is 26.4 Å². The summed E-state index contributed by atoms with van der Waals surface area (Å²) in [5.74, 6) is 1.65. The van der Waals surface area contributed by atoms with Crippen LogP contribution >= 0.6 is 23.2 Å². The molecule has 0 aliphatic rings. The molecule has 0 radical (unpaired) electrons. The third-order valence-corrected chi connectivity index (χ3v) is 2.82. The molecule has 3 heteroatoms. The van der Waals surface area contributed by atoms with E-state index in [0.29, 0.717) is 17.7 Å². The number of hydrogen-bond donors (Lipinski definition) is 1. The third-order valence-electron chi connectivity index (χ3n) is 1.81.